The first-order valence-corrected chi connectivity index (χ1v) is 15.2. The number of hydrogen-bond acceptors (Lipinski definition) is 8. The van der Waals surface area contributed by atoms with Crippen molar-refractivity contribution in [2.24, 2.45) is 0 Å². The van der Waals surface area contributed by atoms with E-state index < -0.39 is 48.2 Å². The molecule has 0 saturated heterocycles. The van der Waals surface area contributed by atoms with Crippen molar-refractivity contribution >= 4 is 11.9 Å². The Morgan fingerprint density at radius 2 is 0.938 bits per heavy atom. The zero-order chi connectivity index (χ0) is 34.7. The number of aromatic nitrogens is 2. The van der Waals surface area contributed by atoms with Gasteiger partial charge in [-0.3, -0.25) is 0 Å². The van der Waals surface area contributed by atoms with Crippen LogP contribution in [0.5, 0.6) is 6.01 Å². The van der Waals surface area contributed by atoms with E-state index in [4.69, 9.17) is 4.74 Å². The molecule has 0 radical (unpaired) electrons. The molecule has 1 heterocycles. The summed E-state index contributed by atoms with van der Waals surface area (Å²) in [6.07, 6.45) is -3.18. The molecule has 0 aliphatic heterocycles. The van der Waals surface area contributed by atoms with Crippen LogP contribution in [-0.2, 0) is 20.4 Å². The third-order valence-corrected chi connectivity index (χ3v) is 8.21. The predicted molar refractivity (Wildman–Crippen MR) is 179 cm³/mol. The van der Waals surface area contributed by atoms with Gasteiger partial charge in [-0.25, -0.2) is 19.6 Å². The van der Waals surface area contributed by atoms with Gasteiger partial charge in [0, 0.05) is 11.4 Å². The molecule has 5 N–H and O–H groups in total. The number of nitrogens with zero attached hydrogens (tertiary/aromatic N) is 2. The van der Waals surface area contributed by atoms with Crippen LogP contribution in [0.2, 0.25) is 0 Å². The Balaban J connectivity index is 0.000000229. The second-order valence-electron chi connectivity index (χ2n) is 11.2. The van der Waals surface area contributed by atoms with E-state index in [9.17, 15) is 35.1 Å². The first-order chi connectivity index (χ1) is 23.1. The van der Waals surface area contributed by atoms with Gasteiger partial charge in [-0.05, 0) is 42.2 Å². The third-order valence-electron chi connectivity index (χ3n) is 8.21. The summed E-state index contributed by atoms with van der Waals surface area (Å²) in [7, 11) is 0. The van der Waals surface area contributed by atoms with E-state index in [1.807, 2.05) is 12.1 Å². The van der Waals surface area contributed by atoms with E-state index in [1.165, 1.54) is 0 Å². The summed E-state index contributed by atoms with van der Waals surface area (Å²) in [6.45, 7) is 2.59. The van der Waals surface area contributed by atoms with E-state index >= 15 is 0 Å². The number of carboxylic acid groups (broad SMARTS) is 2. The molecule has 10 nitrogen and oxygen atoms in total. The second kappa shape index (κ2) is 15.9. The Labute approximate surface area is 278 Å². The van der Waals surface area contributed by atoms with Gasteiger partial charge in [0.15, 0.2) is 6.10 Å². The molecule has 0 bridgehead atoms. The summed E-state index contributed by atoms with van der Waals surface area (Å²) < 4.78 is 5.82. The fraction of sp³-hybridized carbons (Fsp3) is 0.211. The molecule has 0 spiro atoms. The lowest BCUT2D eigenvalue weighted by molar-refractivity contribution is -0.151. The standard InChI is InChI=1S/C22H22N2O4.C16H16O4/c1-15-13-16(2)24-21(23-15)28-19(20(26)27)22(14-25,17-9-5-3-6-10-17)18-11-7-4-8-12-18;17-11-16(14(18)15(19)20,12-7-3-1-4-8-12)13-9-5-2-6-10-13/h3-13,19,25H,14H2,1-2H3,(H,26,27);1-10,14,17-18H,11H2,(H,19,20)/t19-;14-/m11/s1. The molecule has 5 aromatic rings. The van der Waals surface area contributed by atoms with Gasteiger partial charge in [0.25, 0.3) is 0 Å². The van der Waals surface area contributed by atoms with E-state index in [-0.39, 0.29) is 6.01 Å². The Kier molecular flexibility index (Phi) is 11.8. The molecule has 0 fully saturated rings. The van der Waals surface area contributed by atoms with Gasteiger partial charge in [-0.1, -0.05) is 121 Å². The maximum atomic E-state index is 12.3. The van der Waals surface area contributed by atoms with Gasteiger partial charge < -0.3 is 30.3 Å². The smallest absolute Gasteiger partial charge is 0.346 e. The summed E-state index contributed by atoms with van der Waals surface area (Å²) in [4.78, 5) is 32.1. The van der Waals surface area contributed by atoms with E-state index in [2.05, 4.69) is 9.97 Å². The minimum Gasteiger partial charge on any atom is -0.479 e. The lowest BCUT2D eigenvalue weighted by Gasteiger charge is -2.37. The SMILES string of the molecule is Cc1cc(C)nc(O[C@H](C(=O)O)C(CO)(c2ccccc2)c2ccccc2)n1.O=C(O)[C@@H](O)C(CO)(c1ccccc1)c1ccccc1. The van der Waals surface area contributed by atoms with Crippen molar-refractivity contribution in [3.05, 3.63) is 161 Å². The number of carbonyl (C=O) groups is 2. The third kappa shape index (κ3) is 7.42. The van der Waals surface area contributed by atoms with E-state index in [1.54, 1.807) is 129 Å². The summed E-state index contributed by atoms with van der Waals surface area (Å²) in [5.74, 6) is -2.59. The number of aliphatic hydroxyl groups is 3. The van der Waals surface area contributed by atoms with Gasteiger partial charge in [0.2, 0.25) is 6.10 Å². The van der Waals surface area contributed by atoms with Crippen LogP contribution in [0.4, 0.5) is 0 Å². The van der Waals surface area contributed by atoms with Crippen molar-refractivity contribution < 1.29 is 39.9 Å². The maximum Gasteiger partial charge on any atom is 0.346 e. The lowest BCUT2D eigenvalue weighted by atomic mass is 9.70. The average molecular weight is 651 g/mol. The van der Waals surface area contributed by atoms with Crippen molar-refractivity contribution in [1.29, 1.82) is 0 Å². The molecule has 1 aromatic heterocycles. The molecule has 0 aliphatic carbocycles. The molecule has 0 aliphatic rings. The van der Waals surface area contributed by atoms with Crippen molar-refractivity contribution in [2.45, 2.75) is 36.9 Å². The summed E-state index contributed by atoms with van der Waals surface area (Å²) in [6, 6.07) is 37.1. The van der Waals surface area contributed by atoms with Crippen LogP contribution in [0.15, 0.2) is 127 Å². The Hall–Kier alpha value is -5.42. The van der Waals surface area contributed by atoms with Crippen LogP contribution in [0, 0.1) is 13.8 Å². The number of aryl methyl sites for hydroxylation is 2. The van der Waals surface area contributed by atoms with Crippen molar-refractivity contribution in [3.8, 4) is 6.01 Å². The number of aliphatic hydroxyl groups excluding tert-OH is 3. The summed E-state index contributed by atoms with van der Waals surface area (Å²) >= 11 is 0. The van der Waals surface area contributed by atoms with Gasteiger partial charge >= 0.3 is 17.9 Å². The number of hydrogen-bond donors (Lipinski definition) is 5. The van der Waals surface area contributed by atoms with Crippen molar-refractivity contribution in [2.75, 3.05) is 13.2 Å². The first kappa shape index (κ1) is 35.4. The Bertz CT molecular complexity index is 1670. The van der Waals surface area contributed by atoms with Gasteiger partial charge in [0.1, 0.15) is 0 Å². The minimum absolute atomic E-state index is 0.0328. The van der Waals surface area contributed by atoms with Crippen LogP contribution in [0.25, 0.3) is 0 Å². The molecular formula is C38H38N2O8. The Morgan fingerprint density at radius 3 is 1.23 bits per heavy atom. The zero-order valence-electron chi connectivity index (χ0n) is 26.5. The van der Waals surface area contributed by atoms with E-state index in [0.29, 0.717) is 33.6 Å². The number of benzene rings is 4. The second-order valence-corrected chi connectivity index (χ2v) is 11.2. The average Bonchev–Trinajstić information content (AvgIpc) is 3.10. The monoisotopic (exact) mass is 650 g/mol. The predicted octanol–water partition coefficient (Wildman–Crippen LogP) is 4.31. The molecule has 0 saturated carbocycles. The van der Waals surface area contributed by atoms with Crippen LogP contribution in [0.3, 0.4) is 0 Å². The summed E-state index contributed by atoms with van der Waals surface area (Å²) in [5.41, 5.74) is 0.985. The van der Waals surface area contributed by atoms with E-state index in [0.717, 1.165) is 0 Å². The Morgan fingerprint density at radius 1 is 0.604 bits per heavy atom. The highest BCUT2D eigenvalue weighted by molar-refractivity contribution is 5.77. The highest BCUT2D eigenvalue weighted by atomic mass is 16.5. The van der Waals surface area contributed by atoms with Gasteiger partial charge in [-0.2, -0.15) is 0 Å². The fourth-order valence-corrected chi connectivity index (χ4v) is 5.85. The van der Waals surface area contributed by atoms with Crippen LogP contribution >= 0.6 is 0 Å². The topological polar surface area (TPSA) is 170 Å². The van der Waals surface area contributed by atoms with Crippen LogP contribution < -0.4 is 4.74 Å². The number of carboxylic acids is 2. The van der Waals surface area contributed by atoms with Crippen LogP contribution in [0.1, 0.15) is 33.6 Å². The minimum atomic E-state index is -1.74. The molecule has 2 atom stereocenters. The quantitative estimate of drug-likeness (QED) is 0.131. The van der Waals surface area contributed by atoms with Gasteiger partial charge in [-0.15, -0.1) is 0 Å². The molecular weight excluding hydrogens is 612 g/mol. The molecule has 0 amide bonds. The summed E-state index contributed by atoms with van der Waals surface area (Å²) in [5, 5.41) is 49.9. The van der Waals surface area contributed by atoms with Crippen molar-refractivity contribution in [3.63, 3.8) is 0 Å². The number of ether oxygens (including phenoxy) is 1. The molecule has 4 aromatic carbocycles. The highest BCUT2D eigenvalue weighted by Crippen LogP contribution is 2.38. The van der Waals surface area contributed by atoms with Gasteiger partial charge in [0.05, 0.1) is 24.0 Å². The molecule has 10 heteroatoms. The zero-order valence-corrected chi connectivity index (χ0v) is 26.5. The first-order valence-electron chi connectivity index (χ1n) is 15.2. The molecule has 48 heavy (non-hydrogen) atoms. The molecule has 5 rings (SSSR count). The molecule has 248 valence electrons. The van der Waals surface area contributed by atoms with Crippen LogP contribution in [-0.4, -0.2) is 72.9 Å². The maximum absolute atomic E-state index is 12.3. The van der Waals surface area contributed by atoms with Crippen molar-refractivity contribution in [1.82, 2.24) is 9.97 Å². The number of rotatable bonds is 12. The largest absolute Gasteiger partial charge is 0.479 e. The lowest BCUT2D eigenvalue weighted by Crippen LogP contribution is -2.52. The molecule has 0 unspecified atom stereocenters. The number of aliphatic carboxylic acids is 2. The normalized spacial score (nSPS) is 12.6. The highest BCUT2D eigenvalue weighted by Gasteiger charge is 2.48. The fourth-order valence-electron chi connectivity index (χ4n) is 5.85.